The minimum absolute atomic E-state index is 0.0909. The fourth-order valence-corrected chi connectivity index (χ4v) is 3.83. The van der Waals surface area contributed by atoms with Gasteiger partial charge in [0.15, 0.2) is 0 Å². The molecule has 0 unspecified atom stereocenters. The Morgan fingerprint density at radius 3 is 2.44 bits per heavy atom. The third-order valence-corrected chi connectivity index (χ3v) is 5.62. The van der Waals surface area contributed by atoms with Crippen LogP contribution in [0.1, 0.15) is 43.9 Å². The number of esters is 1. The highest BCUT2D eigenvalue weighted by molar-refractivity contribution is 5.69. The summed E-state index contributed by atoms with van der Waals surface area (Å²) in [7, 11) is 1.60. The predicted molar refractivity (Wildman–Crippen MR) is 138 cm³/mol. The molecule has 1 aromatic heterocycles. The number of rotatable bonds is 10. The fraction of sp³-hybridized carbons (Fsp3) is 0.407. The average molecular weight is 495 g/mol. The monoisotopic (exact) mass is 494 g/mol. The molecule has 0 saturated heterocycles. The van der Waals surface area contributed by atoms with Gasteiger partial charge in [-0.15, -0.1) is 0 Å². The molecule has 0 radical (unpaired) electrons. The number of methoxy groups -OCH3 is 1. The van der Waals surface area contributed by atoms with Crippen molar-refractivity contribution in [3.8, 4) is 5.75 Å². The van der Waals surface area contributed by atoms with Crippen LogP contribution in [0.5, 0.6) is 5.75 Å². The minimum atomic E-state index is -0.647. The zero-order valence-electron chi connectivity index (χ0n) is 21.5. The van der Waals surface area contributed by atoms with Gasteiger partial charge in [-0.25, -0.2) is 19.1 Å². The molecule has 9 heteroatoms. The van der Waals surface area contributed by atoms with Gasteiger partial charge in [0.2, 0.25) is 5.62 Å². The molecule has 0 saturated carbocycles. The summed E-state index contributed by atoms with van der Waals surface area (Å²) in [6, 6.07) is 13.3. The summed E-state index contributed by atoms with van der Waals surface area (Å²) in [5.74, 6) is 0.674. The van der Waals surface area contributed by atoms with Crippen LogP contribution >= 0.6 is 0 Å². The lowest BCUT2D eigenvalue weighted by atomic mass is 10.0. The summed E-state index contributed by atoms with van der Waals surface area (Å²) in [6.45, 7) is 8.27. The van der Waals surface area contributed by atoms with Crippen LogP contribution in [0.15, 0.2) is 57.0 Å². The zero-order chi connectivity index (χ0) is 26.2. The number of ether oxygens (including phenoxy) is 2. The first-order chi connectivity index (χ1) is 17.2. The van der Waals surface area contributed by atoms with Crippen molar-refractivity contribution in [3.63, 3.8) is 0 Å². The molecule has 1 heterocycles. The van der Waals surface area contributed by atoms with Gasteiger partial charge < -0.3 is 9.47 Å². The molecule has 1 N–H and O–H groups in total. The number of carbonyl (C=O) groups excluding carboxylic acids is 1. The molecule has 9 nitrogen and oxygen atoms in total. The standard InChI is InChI=1S/C27H34N4O5/c1-6-36-24(32)13-14-30-26(33)29-25(31(27(30)34)17-20-9-7-19(4)8-10-20)28-22-12-11-21(15-18(2)3)23(16-22)35-5/h7-12,16,18H,6,13-15,17H2,1-5H3,(H,28,29,33). The maximum atomic E-state index is 13.4. The number of hydrogen-bond donors (Lipinski definition) is 1. The van der Waals surface area contributed by atoms with Gasteiger partial charge in [0, 0.05) is 12.6 Å². The van der Waals surface area contributed by atoms with Gasteiger partial charge >= 0.3 is 17.3 Å². The SMILES string of the molecule is CCOC(=O)CCn1c(=O)[nH]/c(=N\c2ccc(CC(C)C)c(OC)c2)n(Cc2ccc(C)cc2)c1=O. The van der Waals surface area contributed by atoms with Crippen molar-refractivity contribution < 1.29 is 14.3 Å². The maximum absolute atomic E-state index is 13.4. The topological polar surface area (TPSA) is 108 Å². The predicted octanol–water partition coefficient (Wildman–Crippen LogP) is 3.09. The van der Waals surface area contributed by atoms with Crippen LogP contribution in [0.2, 0.25) is 0 Å². The quantitative estimate of drug-likeness (QED) is 0.436. The molecule has 0 aliphatic rings. The summed E-state index contributed by atoms with van der Waals surface area (Å²) in [6.07, 6.45) is 0.760. The number of nitrogens with zero attached hydrogens (tertiary/aromatic N) is 3. The molecule has 0 bridgehead atoms. The van der Waals surface area contributed by atoms with E-state index in [4.69, 9.17) is 9.47 Å². The first-order valence-electron chi connectivity index (χ1n) is 12.1. The third-order valence-electron chi connectivity index (χ3n) is 5.62. The van der Waals surface area contributed by atoms with Crippen LogP contribution in [0, 0.1) is 12.8 Å². The first-order valence-corrected chi connectivity index (χ1v) is 12.1. The second-order valence-corrected chi connectivity index (χ2v) is 9.02. The van der Waals surface area contributed by atoms with Crippen molar-refractivity contribution in [1.29, 1.82) is 0 Å². The molecule has 0 fully saturated rings. The third kappa shape index (κ3) is 6.84. The van der Waals surface area contributed by atoms with Crippen molar-refractivity contribution in [2.24, 2.45) is 10.9 Å². The molecule has 0 spiro atoms. The second-order valence-electron chi connectivity index (χ2n) is 9.02. The van der Waals surface area contributed by atoms with E-state index in [1.54, 1.807) is 20.1 Å². The minimum Gasteiger partial charge on any atom is -0.496 e. The molecule has 0 aliphatic heterocycles. The van der Waals surface area contributed by atoms with E-state index in [0.29, 0.717) is 17.4 Å². The maximum Gasteiger partial charge on any atom is 0.335 e. The Morgan fingerprint density at radius 2 is 1.81 bits per heavy atom. The van der Waals surface area contributed by atoms with E-state index in [0.717, 1.165) is 27.7 Å². The molecule has 3 aromatic rings. The number of aryl methyl sites for hydroxylation is 1. The van der Waals surface area contributed by atoms with Gasteiger partial charge in [0.1, 0.15) is 5.75 Å². The Hall–Kier alpha value is -3.88. The zero-order valence-corrected chi connectivity index (χ0v) is 21.5. The van der Waals surface area contributed by atoms with Gasteiger partial charge in [-0.3, -0.25) is 14.3 Å². The molecule has 0 amide bonds. The highest BCUT2D eigenvalue weighted by atomic mass is 16.5. The van der Waals surface area contributed by atoms with Crippen molar-refractivity contribution in [3.05, 3.63) is 85.7 Å². The van der Waals surface area contributed by atoms with Gasteiger partial charge in [-0.1, -0.05) is 49.7 Å². The Labute approximate surface area is 210 Å². The van der Waals surface area contributed by atoms with Crippen LogP contribution in [0.4, 0.5) is 5.69 Å². The van der Waals surface area contributed by atoms with Crippen LogP contribution in [0.3, 0.4) is 0 Å². The number of benzene rings is 2. The fourth-order valence-electron chi connectivity index (χ4n) is 3.83. The van der Waals surface area contributed by atoms with Crippen LogP contribution in [0.25, 0.3) is 0 Å². The van der Waals surface area contributed by atoms with E-state index in [-0.39, 0.29) is 31.7 Å². The number of H-pyrrole nitrogens is 1. The summed E-state index contributed by atoms with van der Waals surface area (Å²) in [4.78, 5) is 45.4. The molecule has 192 valence electrons. The largest absolute Gasteiger partial charge is 0.496 e. The number of aromatic amines is 1. The normalized spacial score (nSPS) is 11.7. The lowest BCUT2D eigenvalue weighted by Gasteiger charge is -2.13. The highest BCUT2D eigenvalue weighted by Gasteiger charge is 2.13. The van der Waals surface area contributed by atoms with E-state index >= 15 is 0 Å². The van der Waals surface area contributed by atoms with E-state index in [1.165, 1.54) is 4.57 Å². The van der Waals surface area contributed by atoms with E-state index < -0.39 is 17.3 Å². The Morgan fingerprint density at radius 1 is 1.08 bits per heavy atom. The number of aromatic nitrogens is 3. The molecule has 36 heavy (non-hydrogen) atoms. The van der Waals surface area contributed by atoms with Crippen molar-refractivity contribution in [2.45, 2.75) is 53.6 Å². The summed E-state index contributed by atoms with van der Waals surface area (Å²) >= 11 is 0. The summed E-state index contributed by atoms with van der Waals surface area (Å²) < 4.78 is 12.9. The average Bonchev–Trinajstić information content (AvgIpc) is 2.83. The van der Waals surface area contributed by atoms with Gasteiger partial charge in [0.25, 0.3) is 0 Å². The Bertz CT molecular complexity index is 1380. The summed E-state index contributed by atoms with van der Waals surface area (Å²) in [5.41, 5.74) is 2.45. The van der Waals surface area contributed by atoms with Gasteiger partial charge in [0.05, 0.1) is 32.4 Å². The lowest BCUT2D eigenvalue weighted by molar-refractivity contribution is -0.143. The first kappa shape index (κ1) is 26.7. The number of carbonyl (C=O) groups is 1. The van der Waals surface area contributed by atoms with Crippen molar-refractivity contribution in [1.82, 2.24) is 14.1 Å². The highest BCUT2D eigenvalue weighted by Crippen LogP contribution is 2.26. The van der Waals surface area contributed by atoms with Crippen LogP contribution in [-0.4, -0.2) is 33.8 Å². The molecular weight excluding hydrogens is 460 g/mol. The molecule has 0 aliphatic carbocycles. The van der Waals surface area contributed by atoms with E-state index in [9.17, 15) is 14.4 Å². The van der Waals surface area contributed by atoms with E-state index in [2.05, 4.69) is 23.8 Å². The smallest absolute Gasteiger partial charge is 0.335 e. The van der Waals surface area contributed by atoms with Crippen LogP contribution < -0.4 is 21.7 Å². The number of hydrogen-bond acceptors (Lipinski definition) is 6. The van der Waals surface area contributed by atoms with Gasteiger partial charge in [-0.05, 0) is 43.4 Å². The summed E-state index contributed by atoms with van der Waals surface area (Å²) in [5, 5.41) is 0. The molecular formula is C27H34N4O5. The van der Waals surface area contributed by atoms with Gasteiger partial charge in [-0.2, -0.15) is 0 Å². The van der Waals surface area contributed by atoms with Crippen molar-refractivity contribution in [2.75, 3.05) is 13.7 Å². The number of nitrogens with one attached hydrogen (secondary N) is 1. The van der Waals surface area contributed by atoms with Crippen molar-refractivity contribution >= 4 is 11.7 Å². The Kier molecular flexibility index (Phi) is 9.05. The molecule has 2 aromatic carbocycles. The lowest BCUT2D eigenvalue weighted by Crippen LogP contribution is -2.50. The van der Waals surface area contributed by atoms with Crippen LogP contribution in [-0.2, 0) is 29.0 Å². The van der Waals surface area contributed by atoms with E-state index in [1.807, 2.05) is 43.3 Å². The molecule has 0 atom stereocenters. The molecule has 3 rings (SSSR count). The second kappa shape index (κ2) is 12.2. The Balaban J connectivity index is 2.12.